The molecule has 9 heteroatoms. The SMILES string of the molecule is Cc1cc(C)n2nc(C(=O)Nc3ccc4nc(-c5ccccc5Cl)[nH]c4c3)nc2n1. The number of carbonyl (C=O) groups excluding carboxylic acids is 1. The molecule has 0 unspecified atom stereocenters. The van der Waals surface area contributed by atoms with E-state index >= 15 is 0 Å². The van der Waals surface area contributed by atoms with E-state index in [1.54, 1.807) is 10.6 Å². The molecule has 0 aliphatic heterocycles. The number of carbonyl (C=O) groups is 1. The lowest BCUT2D eigenvalue weighted by molar-refractivity contribution is 0.101. The van der Waals surface area contributed by atoms with Gasteiger partial charge in [0.2, 0.25) is 5.82 Å². The summed E-state index contributed by atoms with van der Waals surface area (Å²) >= 11 is 6.27. The minimum Gasteiger partial charge on any atom is -0.338 e. The van der Waals surface area contributed by atoms with Gasteiger partial charge in [-0.1, -0.05) is 23.7 Å². The Morgan fingerprint density at radius 1 is 1.07 bits per heavy atom. The topological polar surface area (TPSA) is 101 Å². The van der Waals surface area contributed by atoms with E-state index in [-0.39, 0.29) is 5.82 Å². The van der Waals surface area contributed by atoms with Crippen LogP contribution < -0.4 is 5.32 Å². The third-order valence-electron chi connectivity index (χ3n) is 4.69. The Kier molecular flexibility index (Phi) is 4.22. The molecule has 5 aromatic rings. The fraction of sp³-hybridized carbons (Fsp3) is 0.0952. The Morgan fingerprint density at radius 3 is 2.73 bits per heavy atom. The first kappa shape index (κ1) is 18.3. The first-order valence-electron chi connectivity index (χ1n) is 9.25. The number of nitrogens with one attached hydrogen (secondary N) is 2. The number of amides is 1. The van der Waals surface area contributed by atoms with E-state index in [4.69, 9.17) is 11.6 Å². The second-order valence-electron chi connectivity index (χ2n) is 6.94. The van der Waals surface area contributed by atoms with Gasteiger partial charge in [-0.05, 0) is 50.2 Å². The normalized spacial score (nSPS) is 11.3. The highest BCUT2D eigenvalue weighted by molar-refractivity contribution is 6.33. The number of hydrogen-bond acceptors (Lipinski definition) is 5. The van der Waals surface area contributed by atoms with E-state index in [2.05, 4.69) is 30.4 Å². The minimum absolute atomic E-state index is 0.0534. The largest absolute Gasteiger partial charge is 0.338 e. The number of H-pyrrole nitrogens is 1. The molecule has 0 aliphatic rings. The molecule has 0 saturated carbocycles. The van der Waals surface area contributed by atoms with E-state index < -0.39 is 5.91 Å². The first-order valence-corrected chi connectivity index (χ1v) is 9.63. The number of halogens is 1. The van der Waals surface area contributed by atoms with Crippen molar-refractivity contribution in [1.29, 1.82) is 0 Å². The van der Waals surface area contributed by atoms with Crippen LogP contribution in [0.15, 0.2) is 48.5 Å². The van der Waals surface area contributed by atoms with Crippen molar-refractivity contribution in [2.45, 2.75) is 13.8 Å². The Balaban J connectivity index is 1.45. The summed E-state index contributed by atoms with van der Waals surface area (Å²) in [7, 11) is 0. The van der Waals surface area contributed by atoms with Crippen LogP contribution in [-0.4, -0.2) is 35.5 Å². The van der Waals surface area contributed by atoms with E-state index in [0.29, 0.717) is 22.3 Å². The van der Waals surface area contributed by atoms with Gasteiger partial charge in [-0.2, -0.15) is 4.98 Å². The summed E-state index contributed by atoms with van der Waals surface area (Å²) in [4.78, 5) is 29.0. The molecule has 0 aliphatic carbocycles. The molecule has 1 amide bonds. The summed E-state index contributed by atoms with van der Waals surface area (Å²) in [5, 5.41) is 7.70. The Hall–Kier alpha value is -3.78. The van der Waals surface area contributed by atoms with Gasteiger partial charge in [0, 0.05) is 22.6 Å². The molecule has 2 N–H and O–H groups in total. The lowest BCUT2D eigenvalue weighted by Gasteiger charge is -2.02. The van der Waals surface area contributed by atoms with Gasteiger partial charge in [0.1, 0.15) is 5.82 Å². The molecule has 0 spiro atoms. The highest BCUT2D eigenvalue weighted by Crippen LogP contribution is 2.28. The number of hydrogen-bond donors (Lipinski definition) is 2. The van der Waals surface area contributed by atoms with Crippen molar-refractivity contribution in [3.8, 4) is 11.4 Å². The van der Waals surface area contributed by atoms with Crippen LogP contribution in [0.5, 0.6) is 0 Å². The van der Waals surface area contributed by atoms with Crippen LogP contribution in [0.1, 0.15) is 22.0 Å². The van der Waals surface area contributed by atoms with E-state index in [1.165, 1.54) is 0 Å². The van der Waals surface area contributed by atoms with Gasteiger partial charge in [0.25, 0.3) is 11.7 Å². The molecule has 0 radical (unpaired) electrons. The number of rotatable bonds is 3. The Morgan fingerprint density at radius 2 is 1.90 bits per heavy atom. The van der Waals surface area contributed by atoms with Gasteiger partial charge in [0.15, 0.2) is 0 Å². The van der Waals surface area contributed by atoms with Crippen LogP contribution in [0.3, 0.4) is 0 Å². The number of imidazole rings is 1. The summed E-state index contributed by atoms with van der Waals surface area (Å²) in [6.07, 6.45) is 0. The van der Waals surface area contributed by atoms with Crippen molar-refractivity contribution >= 4 is 40.0 Å². The molecule has 30 heavy (non-hydrogen) atoms. The Bertz CT molecular complexity index is 1440. The maximum atomic E-state index is 12.7. The summed E-state index contributed by atoms with van der Waals surface area (Å²) in [6, 6.07) is 14.8. The van der Waals surface area contributed by atoms with Crippen molar-refractivity contribution in [2.75, 3.05) is 5.32 Å². The smallest absolute Gasteiger partial charge is 0.295 e. The Labute approximate surface area is 176 Å². The summed E-state index contributed by atoms with van der Waals surface area (Å²) in [5.41, 5.74) is 4.63. The second-order valence-corrected chi connectivity index (χ2v) is 7.34. The second kappa shape index (κ2) is 6.93. The molecule has 8 nitrogen and oxygen atoms in total. The maximum Gasteiger partial charge on any atom is 0.295 e. The fourth-order valence-corrected chi connectivity index (χ4v) is 3.54. The molecular weight excluding hydrogens is 402 g/mol. The predicted octanol–water partition coefficient (Wildman–Crippen LogP) is 4.19. The van der Waals surface area contributed by atoms with Crippen molar-refractivity contribution in [3.05, 3.63) is 70.8 Å². The van der Waals surface area contributed by atoms with Crippen molar-refractivity contribution in [2.24, 2.45) is 0 Å². The number of benzene rings is 2. The molecule has 5 rings (SSSR count). The predicted molar refractivity (Wildman–Crippen MR) is 115 cm³/mol. The first-order chi connectivity index (χ1) is 14.5. The summed E-state index contributed by atoms with van der Waals surface area (Å²) in [5.74, 6) is 0.699. The van der Waals surface area contributed by atoms with Crippen LogP contribution in [0.4, 0.5) is 5.69 Å². The van der Waals surface area contributed by atoms with Crippen molar-refractivity contribution in [1.82, 2.24) is 29.5 Å². The van der Waals surface area contributed by atoms with E-state index in [9.17, 15) is 4.79 Å². The van der Waals surface area contributed by atoms with Gasteiger partial charge in [-0.15, -0.1) is 5.10 Å². The van der Waals surface area contributed by atoms with Gasteiger partial charge < -0.3 is 10.3 Å². The van der Waals surface area contributed by atoms with Gasteiger partial charge in [-0.25, -0.2) is 14.5 Å². The molecule has 148 valence electrons. The average Bonchev–Trinajstić information content (AvgIpc) is 3.32. The van der Waals surface area contributed by atoms with Crippen LogP contribution in [0, 0.1) is 13.8 Å². The number of nitrogens with zero attached hydrogens (tertiary/aromatic N) is 5. The highest BCUT2D eigenvalue weighted by atomic mass is 35.5. The van der Waals surface area contributed by atoms with Gasteiger partial charge >= 0.3 is 0 Å². The molecule has 0 saturated heterocycles. The van der Waals surface area contributed by atoms with Crippen molar-refractivity contribution < 1.29 is 4.79 Å². The molecular formula is C21H16ClN7O. The van der Waals surface area contributed by atoms with Crippen LogP contribution >= 0.6 is 11.6 Å². The maximum absolute atomic E-state index is 12.7. The molecule has 3 heterocycles. The van der Waals surface area contributed by atoms with Crippen LogP contribution in [0.25, 0.3) is 28.2 Å². The third kappa shape index (κ3) is 3.17. The average molecular weight is 418 g/mol. The number of aromatic nitrogens is 6. The summed E-state index contributed by atoms with van der Waals surface area (Å²) < 4.78 is 1.55. The van der Waals surface area contributed by atoms with E-state index in [0.717, 1.165) is 28.0 Å². The zero-order valence-electron chi connectivity index (χ0n) is 16.1. The lowest BCUT2D eigenvalue weighted by Crippen LogP contribution is -2.14. The molecule has 0 atom stereocenters. The van der Waals surface area contributed by atoms with Crippen molar-refractivity contribution in [3.63, 3.8) is 0 Å². The highest BCUT2D eigenvalue weighted by Gasteiger charge is 2.16. The quantitative estimate of drug-likeness (QED) is 0.458. The lowest BCUT2D eigenvalue weighted by atomic mass is 10.2. The van der Waals surface area contributed by atoms with E-state index in [1.807, 2.05) is 56.3 Å². The number of aryl methyl sites for hydroxylation is 2. The standard InChI is InChI=1S/C21H16ClN7O/c1-11-9-12(2)29-21(23-11)27-19(28-29)20(30)24-13-7-8-16-17(10-13)26-18(25-16)14-5-3-4-6-15(14)22/h3-10H,1-2H3,(H,24,30)(H,25,26). The molecule has 3 aromatic heterocycles. The monoisotopic (exact) mass is 417 g/mol. The van der Waals surface area contributed by atoms with Gasteiger partial charge in [0.05, 0.1) is 16.1 Å². The summed E-state index contributed by atoms with van der Waals surface area (Å²) in [6.45, 7) is 3.76. The zero-order valence-corrected chi connectivity index (χ0v) is 16.9. The number of fused-ring (bicyclic) bond motifs is 2. The zero-order chi connectivity index (χ0) is 20.8. The number of aromatic amines is 1. The van der Waals surface area contributed by atoms with Crippen LogP contribution in [0.2, 0.25) is 5.02 Å². The van der Waals surface area contributed by atoms with Crippen LogP contribution in [-0.2, 0) is 0 Å². The minimum atomic E-state index is -0.414. The molecule has 0 fully saturated rings. The van der Waals surface area contributed by atoms with Gasteiger partial charge in [-0.3, -0.25) is 4.79 Å². The molecule has 2 aromatic carbocycles. The molecule has 0 bridgehead atoms. The number of anilines is 1. The fourth-order valence-electron chi connectivity index (χ4n) is 3.32. The third-order valence-corrected chi connectivity index (χ3v) is 5.02.